The molecule has 0 aliphatic heterocycles. The molecule has 1 rings (SSSR count). The predicted octanol–water partition coefficient (Wildman–Crippen LogP) is -1.48. The molecule has 0 atom stereocenters. The van der Waals surface area contributed by atoms with E-state index in [0.29, 0.717) is 5.69 Å². The number of hydrogen-bond acceptors (Lipinski definition) is 5. The van der Waals surface area contributed by atoms with Crippen molar-refractivity contribution >= 4 is 55.5 Å². The molecule has 82 valence electrons. The quantitative estimate of drug-likeness (QED) is 0.467. The molecule has 0 unspecified atom stereocenters. The molecule has 0 aliphatic carbocycles. The van der Waals surface area contributed by atoms with Crippen LogP contribution in [0.15, 0.2) is 24.3 Å². The zero-order valence-corrected chi connectivity index (χ0v) is 10.8. The van der Waals surface area contributed by atoms with Crippen molar-refractivity contribution in [3.63, 3.8) is 0 Å². The van der Waals surface area contributed by atoms with Crippen LogP contribution in [0.4, 0.5) is 10.5 Å². The van der Waals surface area contributed by atoms with Crippen LogP contribution in [0.25, 0.3) is 0 Å². The first-order valence-electron chi connectivity index (χ1n) is 3.86. The Morgan fingerprint density at radius 1 is 1.19 bits per heavy atom. The number of amides is 1. The molecule has 0 saturated heterocycles. The summed E-state index contributed by atoms with van der Waals surface area (Å²) in [6.45, 7) is 1.44. The number of anilines is 1. The van der Waals surface area contributed by atoms with Crippen molar-refractivity contribution in [1.29, 1.82) is 0 Å². The van der Waals surface area contributed by atoms with Gasteiger partial charge in [-0.1, -0.05) is 0 Å². The number of rotatable bonds is 1. The number of benzene rings is 1. The van der Waals surface area contributed by atoms with E-state index in [2.05, 4.69) is 5.32 Å². The second-order valence-electron chi connectivity index (χ2n) is 2.48. The minimum absolute atomic E-state index is 0. The van der Waals surface area contributed by atoms with Crippen molar-refractivity contribution < 1.29 is 24.9 Å². The maximum absolute atomic E-state index is 10.5. The molecule has 0 fully saturated rings. The van der Waals surface area contributed by atoms with E-state index in [4.69, 9.17) is 20.1 Å². The summed E-state index contributed by atoms with van der Waals surface area (Å²) in [7, 11) is 0. The van der Waals surface area contributed by atoms with Crippen molar-refractivity contribution in [3.8, 4) is 5.75 Å². The summed E-state index contributed by atoms with van der Waals surface area (Å²) in [5.41, 5.74) is 0.690. The molecule has 7 heteroatoms. The first-order valence-corrected chi connectivity index (χ1v) is 3.86. The van der Waals surface area contributed by atoms with Gasteiger partial charge in [0.25, 0.3) is 0 Å². The maximum Gasteiger partial charge on any atom is 2.00 e. The van der Waals surface area contributed by atoms with Crippen LogP contribution >= 0.6 is 0 Å². The van der Waals surface area contributed by atoms with Gasteiger partial charge in [0.1, 0.15) is 5.75 Å². The number of aromatic hydroxyl groups is 1. The molecule has 0 heterocycles. The van der Waals surface area contributed by atoms with E-state index in [1.807, 2.05) is 0 Å². The molecule has 0 bridgehead atoms. The standard InChI is InChI=1S/C8H9NO2.CH2O3.Ca/c1-6(10)9-7-2-4-8(11)5-3-7;2-1(3)4;/h2-5,11H,1H3,(H,9,10);(H2,2,3,4);/q;;+2/p-2. The molecule has 1 aromatic rings. The normalized spacial score (nSPS) is 7.81. The van der Waals surface area contributed by atoms with Crippen LogP contribution in [-0.4, -0.2) is 54.9 Å². The van der Waals surface area contributed by atoms with Crippen molar-refractivity contribution in [2.45, 2.75) is 6.92 Å². The third-order valence-electron chi connectivity index (χ3n) is 1.19. The molecule has 0 aromatic heterocycles. The molecule has 2 N–H and O–H groups in total. The summed E-state index contributed by atoms with van der Waals surface area (Å²) in [6, 6.07) is 6.31. The van der Waals surface area contributed by atoms with Gasteiger partial charge in [-0.3, -0.25) is 4.79 Å². The van der Waals surface area contributed by atoms with Gasteiger partial charge in [0.15, 0.2) is 0 Å². The van der Waals surface area contributed by atoms with E-state index < -0.39 is 6.16 Å². The van der Waals surface area contributed by atoms with Crippen LogP contribution in [-0.2, 0) is 4.79 Å². The van der Waals surface area contributed by atoms with Crippen molar-refractivity contribution in [1.82, 2.24) is 0 Å². The van der Waals surface area contributed by atoms with Gasteiger partial charge < -0.3 is 25.4 Å². The Morgan fingerprint density at radius 3 is 1.88 bits per heavy atom. The van der Waals surface area contributed by atoms with Gasteiger partial charge in [0, 0.05) is 12.6 Å². The average molecular weight is 251 g/mol. The van der Waals surface area contributed by atoms with E-state index in [1.54, 1.807) is 12.1 Å². The summed E-state index contributed by atoms with van der Waals surface area (Å²) in [6.07, 6.45) is -2.33. The third kappa shape index (κ3) is 11.1. The number of carbonyl (C=O) groups excluding carboxylic acids is 2. The molecular formula is C9H9CaNO5. The van der Waals surface area contributed by atoms with E-state index >= 15 is 0 Å². The van der Waals surface area contributed by atoms with Crippen LogP contribution in [0.1, 0.15) is 6.92 Å². The summed E-state index contributed by atoms with van der Waals surface area (Å²) < 4.78 is 0. The molecule has 0 spiro atoms. The molecule has 1 aromatic carbocycles. The van der Waals surface area contributed by atoms with Crippen molar-refractivity contribution in [2.24, 2.45) is 0 Å². The van der Waals surface area contributed by atoms with Gasteiger partial charge in [-0.2, -0.15) is 0 Å². The smallest absolute Gasteiger partial charge is 0.652 e. The van der Waals surface area contributed by atoms with Gasteiger partial charge in [0.05, 0.1) is 0 Å². The van der Waals surface area contributed by atoms with E-state index in [-0.39, 0.29) is 49.4 Å². The van der Waals surface area contributed by atoms with Crippen molar-refractivity contribution in [3.05, 3.63) is 24.3 Å². The monoisotopic (exact) mass is 251 g/mol. The van der Waals surface area contributed by atoms with E-state index in [0.717, 1.165) is 0 Å². The zero-order chi connectivity index (χ0) is 11.8. The van der Waals surface area contributed by atoms with Gasteiger partial charge in [0.2, 0.25) is 5.91 Å². The fourth-order valence-electron chi connectivity index (χ4n) is 0.748. The topological polar surface area (TPSA) is 113 Å². The summed E-state index contributed by atoms with van der Waals surface area (Å²) in [4.78, 5) is 18.9. The molecule has 1 amide bonds. The summed E-state index contributed by atoms with van der Waals surface area (Å²) >= 11 is 0. The number of nitrogens with one attached hydrogen (secondary N) is 1. The number of carboxylic acid groups (broad SMARTS) is 2. The molecule has 0 saturated carbocycles. The number of phenolic OH excluding ortho intramolecular Hbond substituents is 1. The Hall–Kier alpha value is -0.980. The second kappa shape index (κ2) is 9.26. The number of phenols is 1. The molecule has 0 aliphatic rings. The average Bonchev–Trinajstić information content (AvgIpc) is 2.07. The zero-order valence-electron chi connectivity index (χ0n) is 8.60. The predicted molar refractivity (Wildman–Crippen MR) is 53.6 cm³/mol. The molecule has 6 nitrogen and oxygen atoms in total. The van der Waals surface area contributed by atoms with Crippen LogP contribution in [0.2, 0.25) is 0 Å². The van der Waals surface area contributed by atoms with Crippen molar-refractivity contribution in [2.75, 3.05) is 5.32 Å². The summed E-state index contributed by atoms with van der Waals surface area (Å²) in [5, 5.41) is 28.1. The van der Waals surface area contributed by atoms with Gasteiger partial charge >= 0.3 is 37.7 Å². The largest absolute Gasteiger partial charge is 2.00 e. The molecule has 0 radical (unpaired) electrons. The maximum atomic E-state index is 10.5. The van der Waals surface area contributed by atoms with Gasteiger partial charge in [-0.15, -0.1) is 0 Å². The minimum atomic E-state index is -2.33. The minimum Gasteiger partial charge on any atom is -0.652 e. The number of carbonyl (C=O) groups is 2. The summed E-state index contributed by atoms with van der Waals surface area (Å²) in [5.74, 6) is 0.0785. The molecule has 16 heavy (non-hydrogen) atoms. The van der Waals surface area contributed by atoms with Gasteiger partial charge in [-0.05, 0) is 30.4 Å². The van der Waals surface area contributed by atoms with Crippen LogP contribution in [0.3, 0.4) is 0 Å². The Labute approximate surface area is 122 Å². The Bertz CT molecular complexity index is 334. The number of hydrogen-bond donors (Lipinski definition) is 2. The Balaban J connectivity index is 0. The third-order valence-corrected chi connectivity index (χ3v) is 1.19. The SMILES string of the molecule is CC(=O)Nc1ccc(O)cc1.O=C([O-])[O-].[Ca+2]. The second-order valence-corrected chi connectivity index (χ2v) is 2.48. The first-order chi connectivity index (χ1) is 6.91. The van der Waals surface area contributed by atoms with Crippen LogP contribution in [0.5, 0.6) is 5.75 Å². The fourth-order valence-corrected chi connectivity index (χ4v) is 0.748. The van der Waals surface area contributed by atoms with Gasteiger partial charge in [-0.25, -0.2) is 0 Å². The Morgan fingerprint density at radius 2 is 1.56 bits per heavy atom. The van der Waals surface area contributed by atoms with Crippen LogP contribution < -0.4 is 15.5 Å². The Kier molecular flexibility index (Phi) is 10.1. The fraction of sp³-hybridized carbons (Fsp3) is 0.111. The van der Waals surface area contributed by atoms with E-state index in [1.165, 1.54) is 19.1 Å². The first kappa shape index (κ1) is 17.4. The van der Waals surface area contributed by atoms with Crippen LogP contribution in [0, 0.1) is 0 Å². The molecular weight excluding hydrogens is 242 g/mol. The van der Waals surface area contributed by atoms with E-state index in [9.17, 15) is 4.79 Å².